The van der Waals surface area contributed by atoms with Crippen LogP contribution in [-0.4, -0.2) is 36.6 Å². The van der Waals surface area contributed by atoms with Crippen LogP contribution >= 0.6 is 0 Å². The van der Waals surface area contributed by atoms with E-state index in [0.29, 0.717) is 5.95 Å². The highest BCUT2D eigenvalue weighted by Gasteiger charge is 2.14. The lowest BCUT2D eigenvalue weighted by atomic mass is 9.98. The molecule has 106 valence electrons. The first kappa shape index (κ1) is 13.1. The smallest absolute Gasteiger partial charge is 0.224 e. The molecule has 3 N–H and O–H groups in total. The molecule has 0 aliphatic carbocycles. The maximum Gasteiger partial charge on any atom is 0.224 e. The highest BCUT2D eigenvalue weighted by molar-refractivity contribution is 5.89. The van der Waals surface area contributed by atoms with Gasteiger partial charge < -0.3 is 16.0 Å². The third kappa shape index (κ3) is 2.82. The van der Waals surface area contributed by atoms with Crippen molar-refractivity contribution in [1.82, 2.24) is 15.3 Å². The van der Waals surface area contributed by atoms with Crippen molar-refractivity contribution in [3.05, 3.63) is 24.3 Å². The average molecular weight is 271 g/mol. The number of nitrogens with one attached hydrogen (secondary N) is 3. The Morgan fingerprint density at radius 2 is 2.00 bits per heavy atom. The summed E-state index contributed by atoms with van der Waals surface area (Å²) in [7, 11) is 1.85. The van der Waals surface area contributed by atoms with Gasteiger partial charge in [-0.15, -0.1) is 0 Å². The molecule has 0 bridgehead atoms. The molecule has 5 nitrogen and oxygen atoms in total. The number of anilines is 2. The van der Waals surface area contributed by atoms with Gasteiger partial charge in [0.15, 0.2) is 0 Å². The van der Waals surface area contributed by atoms with Crippen molar-refractivity contribution in [2.45, 2.75) is 12.8 Å². The van der Waals surface area contributed by atoms with Gasteiger partial charge in [-0.2, -0.15) is 4.98 Å². The summed E-state index contributed by atoms with van der Waals surface area (Å²) in [5, 5.41) is 11.0. The molecule has 5 heteroatoms. The van der Waals surface area contributed by atoms with Crippen LogP contribution in [0.1, 0.15) is 12.8 Å². The molecular weight excluding hydrogens is 250 g/mol. The molecule has 1 fully saturated rings. The summed E-state index contributed by atoms with van der Waals surface area (Å²) in [5.74, 6) is 2.32. The van der Waals surface area contributed by atoms with Crippen molar-refractivity contribution in [1.29, 1.82) is 0 Å². The standard InChI is InChI=1S/C15H21N5/c1-16-15-19-13-5-3-2-4-12(13)14(20-15)18-10-11-6-8-17-9-7-11/h2-5,11,17H,6-10H2,1H3,(H2,16,18,19,20). The molecule has 0 amide bonds. The fourth-order valence-corrected chi connectivity index (χ4v) is 2.65. The normalized spacial score (nSPS) is 16.2. The van der Waals surface area contributed by atoms with Gasteiger partial charge in [-0.1, -0.05) is 12.1 Å². The van der Waals surface area contributed by atoms with Crippen LogP contribution in [-0.2, 0) is 0 Å². The topological polar surface area (TPSA) is 61.9 Å². The Labute approximate surface area is 119 Å². The quantitative estimate of drug-likeness (QED) is 0.795. The zero-order valence-electron chi connectivity index (χ0n) is 11.8. The summed E-state index contributed by atoms with van der Waals surface area (Å²) >= 11 is 0. The molecule has 0 radical (unpaired) electrons. The van der Waals surface area contributed by atoms with E-state index in [-0.39, 0.29) is 0 Å². The van der Waals surface area contributed by atoms with Crippen molar-refractivity contribution < 1.29 is 0 Å². The van der Waals surface area contributed by atoms with Crippen molar-refractivity contribution in [2.75, 3.05) is 37.3 Å². The summed E-state index contributed by atoms with van der Waals surface area (Å²) in [4.78, 5) is 9.03. The average Bonchev–Trinajstić information content (AvgIpc) is 2.53. The molecule has 0 spiro atoms. The molecule has 0 saturated carbocycles. The number of hydrogen-bond acceptors (Lipinski definition) is 5. The number of benzene rings is 1. The van der Waals surface area contributed by atoms with Gasteiger partial charge in [0, 0.05) is 19.0 Å². The number of aromatic nitrogens is 2. The third-order valence-corrected chi connectivity index (χ3v) is 3.84. The molecule has 1 aromatic carbocycles. The Bertz CT molecular complexity index is 577. The van der Waals surface area contributed by atoms with E-state index in [1.165, 1.54) is 12.8 Å². The largest absolute Gasteiger partial charge is 0.369 e. The monoisotopic (exact) mass is 271 g/mol. The van der Waals surface area contributed by atoms with Gasteiger partial charge in [0.1, 0.15) is 5.82 Å². The molecule has 2 aromatic rings. The summed E-state index contributed by atoms with van der Waals surface area (Å²) < 4.78 is 0. The zero-order chi connectivity index (χ0) is 13.8. The maximum absolute atomic E-state index is 4.55. The molecule has 2 heterocycles. The number of para-hydroxylation sites is 1. The molecule has 3 rings (SSSR count). The Hall–Kier alpha value is -1.88. The number of fused-ring (bicyclic) bond motifs is 1. The van der Waals surface area contributed by atoms with Crippen LogP contribution in [0.3, 0.4) is 0 Å². The van der Waals surface area contributed by atoms with E-state index in [1.807, 2.05) is 25.2 Å². The molecular formula is C15H21N5. The van der Waals surface area contributed by atoms with E-state index in [2.05, 4.69) is 32.0 Å². The van der Waals surface area contributed by atoms with Gasteiger partial charge in [0.05, 0.1) is 5.52 Å². The SMILES string of the molecule is CNc1nc(NCC2CCNCC2)c2ccccc2n1. The summed E-state index contributed by atoms with van der Waals surface area (Å²) in [6.07, 6.45) is 2.46. The first-order valence-electron chi connectivity index (χ1n) is 7.26. The van der Waals surface area contributed by atoms with Crippen LogP contribution in [0.25, 0.3) is 10.9 Å². The number of hydrogen-bond donors (Lipinski definition) is 3. The predicted octanol–water partition coefficient (Wildman–Crippen LogP) is 2.08. The highest BCUT2D eigenvalue weighted by atomic mass is 15.1. The first-order chi connectivity index (χ1) is 9.86. The minimum atomic E-state index is 0.663. The van der Waals surface area contributed by atoms with Gasteiger partial charge in [0.2, 0.25) is 5.95 Å². The second kappa shape index (κ2) is 6.05. The Morgan fingerprint density at radius 1 is 1.20 bits per heavy atom. The zero-order valence-corrected chi connectivity index (χ0v) is 11.8. The lowest BCUT2D eigenvalue weighted by Gasteiger charge is -2.23. The lowest BCUT2D eigenvalue weighted by Crippen LogP contribution is -2.31. The van der Waals surface area contributed by atoms with Crippen LogP contribution in [0, 0.1) is 5.92 Å². The summed E-state index contributed by atoms with van der Waals surface area (Å²) in [5.41, 5.74) is 0.972. The van der Waals surface area contributed by atoms with Crippen molar-refractivity contribution in [2.24, 2.45) is 5.92 Å². The van der Waals surface area contributed by atoms with Gasteiger partial charge in [-0.3, -0.25) is 0 Å². The van der Waals surface area contributed by atoms with Crippen LogP contribution in [0.4, 0.5) is 11.8 Å². The fourth-order valence-electron chi connectivity index (χ4n) is 2.65. The van der Waals surface area contributed by atoms with Crippen molar-refractivity contribution in [3.63, 3.8) is 0 Å². The molecule has 1 aliphatic heterocycles. The minimum absolute atomic E-state index is 0.663. The number of piperidine rings is 1. The lowest BCUT2D eigenvalue weighted by molar-refractivity contribution is 0.389. The van der Waals surface area contributed by atoms with Gasteiger partial charge in [-0.05, 0) is 44.0 Å². The van der Waals surface area contributed by atoms with E-state index in [1.54, 1.807) is 0 Å². The molecule has 1 saturated heterocycles. The van der Waals surface area contributed by atoms with E-state index in [4.69, 9.17) is 0 Å². The van der Waals surface area contributed by atoms with E-state index in [9.17, 15) is 0 Å². The summed E-state index contributed by atoms with van der Waals surface area (Å²) in [6, 6.07) is 8.12. The van der Waals surface area contributed by atoms with Crippen LogP contribution in [0.15, 0.2) is 24.3 Å². The first-order valence-corrected chi connectivity index (χ1v) is 7.26. The molecule has 0 atom stereocenters. The van der Waals surface area contributed by atoms with Crippen molar-refractivity contribution >= 4 is 22.7 Å². The van der Waals surface area contributed by atoms with Crippen molar-refractivity contribution in [3.8, 4) is 0 Å². The highest BCUT2D eigenvalue weighted by Crippen LogP contribution is 2.22. The third-order valence-electron chi connectivity index (χ3n) is 3.84. The second-order valence-corrected chi connectivity index (χ2v) is 5.24. The van der Waals surface area contributed by atoms with Crippen LogP contribution < -0.4 is 16.0 Å². The second-order valence-electron chi connectivity index (χ2n) is 5.24. The molecule has 1 aromatic heterocycles. The Balaban J connectivity index is 1.81. The van der Waals surface area contributed by atoms with Crippen LogP contribution in [0.5, 0.6) is 0 Å². The Morgan fingerprint density at radius 3 is 2.80 bits per heavy atom. The minimum Gasteiger partial charge on any atom is -0.369 e. The summed E-state index contributed by atoms with van der Waals surface area (Å²) in [6.45, 7) is 3.23. The molecule has 20 heavy (non-hydrogen) atoms. The Kier molecular flexibility index (Phi) is 3.97. The molecule has 1 aliphatic rings. The predicted molar refractivity (Wildman–Crippen MR) is 83.2 cm³/mol. The number of nitrogens with zero attached hydrogens (tertiary/aromatic N) is 2. The van der Waals surface area contributed by atoms with Gasteiger partial charge >= 0.3 is 0 Å². The van der Waals surface area contributed by atoms with Gasteiger partial charge in [0.25, 0.3) is 0 Å². The van der Waals surface area contributed by atoms with E-state index in [0.717, 1.165) is 42.3 Å². The molecule has 0 unspecified atom stereocenters. The fraction of sp³-hybridized carbons (Fsp3) is 0.467. The van der Waals surface area contributed by atoms with Gasteiger partial charge in [-0.25, -0.2) is 4.98 Å². The van der Waals surface area contributed by atoms with E-state index >= 15 is 0 Å². The maximum atomic E-state index is 4.55. The number of rotatable bonds is 4. The van der Waals surface area contributed by atoms with Crippen LogP contribution in [0.2, 0.25) is 0 Å². The van der Waals surface area contributed by atoms with E-state index < -0.39 is 0 Å².